The van der Waals surface area contributed by atoms with E-state index in [1.807, 2.05) is 0 Å². The van der Waals surface area contributed by atoms with Gasteiger partial charge in [0.25, 0.3) is 5.56 Å². The fourth-order valence-corrected chi connectivity index (χ4v) is 2.53. The first-order valence-corrected chi connectivity index (χ1v) is 6.90. The monoisotopic (exact) mass is 305 g/mol. The summed E-state index contributed by atoms with van der Waals surface area (Å²) in [5, 5.41) is 10.4. The Hall–Kier alpha value is -2.50. The first-order chi connectivity index (χ1) is 10.4. The van der Waals surface area contributed by atoms with Crippen molar-refractivity contribution in [2.45, 2.75) is 19.9 Å². The number of ether oxygens (including phenoxy) is 2. The van der Waals surface area contributed by atoms with Crippen LogP contribution >= 0.6 is 0 Å². The highest BCUT2D eigenvalue weighted by Crippen LogP contribution is 2.31. The van der Waals surface area contributed by atoms with Crippen molar-refractivity contribution in [3.05, 3.63) is 34.7 Å². The van der Waals surface area contributed by atoms with E-state index in [4.69, 9.17) is 9.47 Å². The summed E-state index contributed by atoms with van der Waals surface area (Å²) < 4.78 is 11.7. The summed E-state index contributed by atoms with van der Waals surface area (Å²) >= 11 is 0. The number of benzene rings is 1. The largest absolute Gasteiger partial charge is 0.493 e. The molecule has 0 radical (unpaired) electrons. The fraction of sp³-hybridized carbons (Fsp3) is 0.375. The molecule has 1 aromatic carbocycles. The quantitative estimate of drug-likeness (QED) is 0.917. The van der Waals surface area contributed by atoms with E-state index in [2.05, 4.69) is 0 Å². The van der Waals surface area contributed by atoms with E-state index >= 15 is 0 Å². The van der Waals surface area contributed by atoms with Crippen molar-refractivity contribution in [3.8, 4) is 11.5 Å². The van der Waals surface area contributed by atoms with Crippen LogP contribution in [-0.2, 0) is 4.79 Å². The van der Waals surface area contributed by atoms with E-state index in [-0.39, 0.29) is 11.5 Å². The first-order valence-electron chi connectivity index (χ1n) is 6.90. The molecular formula is C16H19NO5. The van der Waals surface area contributed by atoms with Crippen LogP contribution in [0.5, 0.6) is 11.5 Å². The van der Waals surface area contributed by atoms with Crippen LogP contribution in [0.1, 0.15) is 19.9 Å². The average molecular weight is 305 g/mol. The van der Waals surface area contributed by atoms with E-state index in [1.54, 1.807) is 32.0 Å². The number of hydrogen-bond acceptors (Lipinski definition) is 4. The Morgan fingerprint density at radius 1 is 1.18 bits per heavy atom. The predicted molar refractivity (Wildman–Crippen MR) is 82.8 cm³/mol. The Morgan fingerprint density at radius 3 is 2.27 bits per heavy atom. The van der Waals surface area contributed by atoms with Crippen LogP contribution in [0.15, 0.2) is 29.2 Å². The molecule has 0 amide bonds. The molecule has 22 heavy (non-hydrogen) atoms. The lowest BCUT2D eigenvalue weighted by Crippen LogP contribution is -2.32. The highest BCUT2D eigenvalue weighted by molar-refractivity contribution is 5.85. The number of carboxylic acid groups (broad SMARTS) is 1. The number of nitrogens with zero attached hydrogens (tertiary/aromatic N) is 1. The van der Waals surface area contributed by atoms with E-state index < -0.39 is 12.0 Å². The number of pyridine rings is 1. The normalized spacial score (nSPS) is 12.4. The van der Waals surface area contributed by atoms with E-state index in [0.29, 0.717) is 22.3 Å². The van der Waals surface area contributed by atoms with Gasteiger partial charge in [-0.2, -0.15) is 0 Å². The molecule has 1 N–H and O–H groups in total. The second-order valence-corrected chi connectivity index (χ2v) is 5.35. The van der Waals surface area contributed by atoms with Crippen molar-refractivity contribution >= 4 is 16.7 Å². The number of rotatable bonds is 5. The number of methoxy groups -OCH3 is 2. The van der Waals surface area contributed by atoms with Gasteiger partial charge in [0.05, 0.1) is 19.6 Å². The van der Waals surface area contributed by atoms with Crippen molar-refractivity contribution in [1.82, 2.24) is 4.57 Å². The van der Waals surface area contributed by atoms with Crippen LogP contribution in [0, 0.1) is 5.92 Å². The first kappa shape index (κ1) is 15.9. The van der Waals surface area contributed by atoms with E-state index in [9.17, 15) is 14.7 Å². The van der Waals surface area contributed by atoms with Gasteiger partial charge in [0.1, 0.15) is 6.04 Å². The van der Waals surface area contributed by atoms with Gasteiger partial charge >= 0.3 is 5.97 Å². The number of carboxylic acids is 1. The Bertz CT molecular complexity index is 763. The zero-order chi connectivity index (χ0) is 16.4. The molecule has 0 saturated heterocycles. The number of fused-ring (bicyclic) bond motifs is 1. The topological polar surface area (TPSA) is 77.8 Å². The van der Waals surface area contributed by atoms with Gasteiger partial charge in [0.15, 0.2) is 11.5 Å². The maximum atomic E-state index is 12.6. The molecule has 0 aliphatic heterocycles. The molecule has 6 heteroatoms. The molecule has 1 heterocycles. The van der Waals surface area contributed by atoms with Crippen LogP contribution in [0.2, 0.25) is 0 Å². The van der Waals surface area contributed by atoms with Crippen molar-refractivity contribution in [2.24, 2.45) is 5.92 Å². The summed E-state index contributed by atoms with van der Waals surface area (Å²) in [6.07, 6.45) is 1.51. The standard InChI is InChI=1S/C16H19NO5/c1-9(2)14(16(19)20)17-6-5-10-7-12(21-3)13(22-4)8-11(10)15(17)18/h5-9,14H,1-4H3,(H,19,20). The molecule has 0 saturated carbocycles. The molecule has 1 aromatic heterocycles. The number of hydrogen-bond donors (Lipinski definition) is 1. The summed E-state index contributed by atoms with van der Waals surface area (Å²) in [5.74, 6) is -0.295. The minimum atomic E-state index is -1.03. The van der Waals surface area contributed by atoms with Gasteiger partial charge in [-0.15, -0.1) is 0 Å². The summed E-state index contributed by atoms with van der Waals surface area (Å²) in [6, 6.07) is 4.07. The lowest BCUT2D eigenvalue weighted by atomic mass is 10.0. The SMILES string of the molecule is COc1cc2ccn(C(C(=O)O)C(C)C)c(=O)c2cc1OC. The molecule has 2 rings (SSSR count). The smallest absolute Gasteiger partial charge is 0.327 e. The van der Waals surface area contributed by atoms with Crippen molar-refractivity contribution in [1.29, 1.82) is 0 Å². The van der Waals surface area contributed by atoms with Gasteiger partial charge in [0.2, 0.25) is 0 Å². The number of aliphatic carboxylic acids is 1. The van der Waals surface area contributed by atoms with Crippen molar-refractivity contribution < 1.29 is 19.4 Å². The van der Waals surface area contributed by atoms with Crippen molar-refractivity contribution in [3.63, 3.8) is 0 Å². The summed E-state index contributed by atoms with van der Waals surface area (Å²) in [6.45, 7) is 3.54. The number of carbonyl (C=O) groups is 1. The fourth-order valence-electron chi connectivity index (χ4n) is 2.53. The molecule has 0 aliphatic carbocycles. The van der Waals surface area contributed by atoms with Gasteiger partial charge in [-0.1, -0.05) is 13.8 Å². The van der Waals surface area contributed by atoms with Gasteiger partial charge in [-0.3, -0.25) is 4.79 Å². The van der Waals surface area contributed by atoms with Crippen LogP contribution in [0.3, 0.4) is 0 Å². The zero-order valence-corrected chi connectivity index (χ0v) is 13.0. The molecule has 0 spiro atoms. The predicted octanol–water partition coefficient (Wildman–Crippen LogP) is 2.30. The van der Waals surface area contributed by atoms with Gasteiger partial charge in [-0.25, -0.2) is 4.79 Å². The Kier molecular flexibility index (Phi) is 4.40. The molecule has 1 atom stereocenters. The molecule has 0 bridgehead atoms. The average Bonchev–Trinajstić information content (AvgIpc) is 2.48. The third kappa shape index (κ3) is 2.64. The van der Waals surface area contributed by atoms with Crippen LogP contribution in [0.25, 0.3) is 10.8 Å². The molecule has 1 unspecified atom stereocenters. The summed E-state index contributed by atoms with van der Waals surface area (Å²) in [5.41, 5.74) is -0.362. The minimum absolute atomic E-state index is 0.215. The van der Waals surface area contributed by atoms with Crippen LogP contribution in [-0.4, -0.2) is 29.9 Å². The molecule has 0 fully saturated rings. The van der Waals surface area contributed by atoms with E-state index in [0.717, 1.165) is 0 Å². The maximum Gasteiger partial charge on any atom is 0.327 e. The molecule has 6 nitrogen and oxygen atoms in total. The summed E-state index contributed by atoms with van der Waals surface area (Å²) in [4.78, 5) is 24.1. The van der Waals surface area contributed by atoms with Gasteiger partial charge < -0.3 is 19.1 Å². The maximum absolute atomic E-state index is 12.6. The minimum Gasteiger partial charge on any atom is -0.493 e. The molecular weight excluding hydrogens is 286 g/mol. The zero-order valence-electron chi connectivity index (χ0n) is 13.0. The second-order valence-electron chi connectivity index (χ2n) is 5.35. The second kappa shape index (κ2) is 6.09. The van der Waals surface area contributed by atoms with Crippen molar-refractivity contribution in [2.75, 3.05) is 14.2 Å². The lowest BCUT2D eigenvalue weighted by molar-refractivity contribution is -0.142. The summed E-state index contributed by atoms with van der Waals surface area (Å²) in [7, 11) is 3.00. The van der Waals surface area contributed by atoms with Gasteiger partial charge in [-0.05, 0) is 29.5 Å². The number of aromatic nitrogens is 1. The third-order valence-corrected chi connectivity index (χ3v) is 3.62. The molecule has 118 valence electrons. The Balaban J connectivity index is 2.73. The van der Waals surface area contributed by atoms with E-state index in [1.165, 1.54) is 25.0 Å². The lowest BCUT2D eigenvalue weighted by Gasteiger charge is -2.20. The Morgan fingerprint density at radius 2 is 1.77 bits per heavy atom. The molecule has 0 aliphatic rings. The third-order valence-electron chi connectivity index (χ3n) is 3.62. The van der Waals surface area contributed by atoms with Gasteiger partial charge in [0, 0.05) is 6.20 Å². The van der Waals surface area contributed by atoms with Crippen LogP contribution in [0.4, 0.5) is 0 Å². The van der Waals surface area contributed by atoms with Crippen LogP contribution < -0.4 is 15.0 Å². The molecule has 2 aromatic rings. The Labute approximate surface area is 127 Å². The highest BCUT2D eigenvalue weighted by Gasteiger charge is 2.25. The highest BCUT2D eigenvalue weighted by atomic mass is 16.5.